The van der Waals surface area contributed by atoms with Gasteiger partial charge in [-0.2, -0.15) is 0 Å². The molecule has 0 unspecified atom stereocenters. The van der Waals surface area contributed by atoms with Gasteiger partial charge in [-0.3, -0.25) is 4.79 Å². The summed E-state index contributed by atoms with van der Waals surface area (Å²) in [5.74, 6) is -0.0265. The first-order valence-electron chi connectivity index (χ1n) is 6.69. The normalized spacial score (nSPS) is 13.2. The van der Waals surface area contributed by atoms with Crippen molar-refractivity contribution in [1.82, 2.24) is 0 Å². The second kappa shape index (κ2) is 5.25. The van der Waals surface area contributed by atoms with Crippen LogP contribution in [0.1, 0.15) is 22.3 Å². The molecule has 1 heterocycles. The third-order valence-corrected chi connectivity index (χ3v) is 3.41. The third-order valence-electron chi connectivity index (χ3n) is 3.41. The van der Waals surface area contributed by atoms with Gasteiger partial charge in [-0.15, -0.1) is 0 Å². The topological polar surface area (TPSA) is 61.4 Å². The third kappa shape index (κ3) is 2.59. The highest BCUT2D eigenvalue weighted by atomic mass is 16.3. The molecule has 2 aromatic carbocycles. The molecule has 20 heavy (non-hydrogen) atoms. The van der Waals surface area contributed by atoms with Crippen molar-refractivity contribution in [1.29, 1.82) is 0 Å². The van der Waals surface area contributed by atoms with Gasteiger partial charge in [0.05, 0.1) is 0 Å². The first-order chi connectivity index (χ1) is 9.72. The van der Waals surface area contributed by atoms with Gasteiger partial charge in [0.25, 0.3) is 5.91 Å². The molecular weight excluding hydrogens is 252 g/mol. The van der Waals surface area contributed by atoms with Crippen LogP contribution in [0.2, 0.25) is 0 Å². The standard InChI is InChI=1S/C16H16N2O2/c19-14-5-1-4-13(10-14)18-16(20)12-6-7-15-11(9-12)3-2-8-17-15/h1,4-7,9-10,17,19H,2-3,8H2,(H,18,20). The molecule has 4 nitrogen and oxygen atoms in total. The summed E-state index contributed by atoms with van der Waals surface area (Å²) in [6.07, 6.45) is 2.08. The van der Waals surface area contributed by atoms with Crippen molar-refractivity contribution < 1.29 is 9.90 Å². The average molecular weight is 268 g/mol. The quantitative estimate of drug-likeness (QED) is 0.784. The van der Waals surface area contributed by atoms with Crippen molar-refractivity contribution in [2.45, 2.75) is 12.8 Å². The van der Waals surface area contributed by atoms with Crippen LogP contribution in [0.15, 0.2) is 42.5 Å². The molecule has 102 valence electrons. The number of carbonyl (C=O) groups is 1. The molecule has 3 rings (SSSR count). The molecule has 0 radical (unpaired) electrons. The lowest BCUT2D eigenvalue weighted by atomic mass is 10.0. The molecule has 1 amide bonds. The number of rotatable bonds is 2. The van der Waals surface area contributed by atoms with Gasteiger partial charge in [0.1, 0.15) is 5.75 Å². The fourth-order valence-electron chi connectivity index (χ4n) is 2.40. The number of aromatic hydroxyl groups is 1. The maximum atomic E-state index is 12.2. The predicted octanol–water partition coefficient (Wildman–Crippen LogP) is 3.00. The summed E-state index contributed by atoms with van der Waals surface area (Å²) < 4.78 is 0. The van der Waals surface area contributed by atoms with Crippen LogP contribution in [0, 0.1) is 0 Å². The van der Waals surface area contributed by atoms with Crippen molar-refractivity contribution >= 4 is 17.3 Å². The zero-order chi connectivity index (χ0) is 13.9. The molecule has 0 atom stereocenters. The molecular formula is C16H16N2O2. The Morgan fingerprint density at radius 2 is 2.10 bits per heavy atom. The minimum Gasteiger partial charge on any atom is -0.508 e. The lowest BCUT2D eigenvalue weighted by Gasteiger charge is -2.18. The Morgan fingerprint density at radius 3 is 2.95 bits per heavy atom. The van der Waals surface area contributed by atoms with Crippen molar-refractivity contribution in [3.05, 3.63) is 53.6 Å². The van der Waals surface area contributed by atoms with E-state index in [1.165, 1.54) is 11.6 Å². The Labute approximate surface area is 117 Å². The summed E-state index contributed by atoms with van der Waals surface area (Å²) in [5, 5.41) is 15.5. The molecule has 2 aromatic rings. The molecule has 0 saturated heterocycles. The van der Waals surface area contributed by atoms with E-state index in [0.29, 0.717) is 11.3 Å². The Kier molecular flexibility index (Phi) is 3.29. The molecule has 0 spiro atoms. The van der Waals surface area contributed by atoms with E-state index >= 15 is 0 Å². The van der Waals surface area contributed by atoms with Gasteiger partial charge in [-0.05, 0) is 48.7 Å². The highest BCUT2D eigenvalue weighted by Gasteiger charge is 2.12. The minimum atomic E-state index is -0.163. The number of carbonyl (C=O) groups excluding carboxylic acids is 1. The van der Waals surface area contributed by atoms with Crippen LogP contribution in [0.3, 0.4) is 0 Å². The van der Waals surface area contributed by atoms with Crippen molar-refractivity contribution in [3.63, 3.8) is 0 Å². The Bertz CT molecular complexity index is 653. The minimum absolute atomic E-state index is 0.137. The lowest BCUT2D eigenvalue weighted by molar-refractivity contribution is 0.102. The number of phenols is 1. The Morgan fingerprint density at radius 1 is 1.20 bits per heavy atom. The average Bonchev–Trinajstić information content (AvgIpc) is 2.47. The number of anilines is 2. The van der Waals surface area contributed by atoms with E-state index in [0.717, 1.165) is 25.1 Å². The molecule has 0 saturated carbocycles. The van der Waals surface area contributed by atoms with E-state index in [9.17, 15) is 9.90 Å². The number of hydrogen-bond donors (Lipinski definition) is 3. The molecule has 0 aliphatic carbocycles. The van der Waals surface area contributed by atoms with Gasteiger partial charge in [0, 0.05) is 29.5 Å². The van der Waals surface area contributed by atoms with E-state index in [-0.39, 0.29) is 11.7 Å². The van der Waals surface area contributed by atoms with Gasteiger partial charge in [0.15, 0.2) is 0 Å². The van der Waals surface area contributed by atoms with E-state index < -0.39 is 0 Å². The number of phenolic OH excluding ortho intramolecular Hbond substituents is 1. The van der Waals surface area contributed by atoms with E-state index in [1.54, 1.807) is 18.2 Å². The number of nitrogens with one attached hydrogen (secondary N) is 2. The van der Waals surface area contributed by atoms with Crippen LogP contribution in [0.25, 0.3) is 0 Å². The summed E-state index contributed by atoms with van der Waals surface area (Å²) >= 11 is 0. The number of aryl methyl sites for hydroxylation is 1. The molecule has 1 aliphatic rings. The monoisotopic (exact) mass is 268 g/mol. The summed E-state index contributed by atoms with van der Waals surface area (Å²) in [6.45, 7) is 0.988. The molecule has 3 N–H and O–H groups in total. The highest BCUT2D eigenvalue weighted by Crippen LogP contribution is 2.23. The van der Waals surface area contributed by atoms with Gasteiger partial charge in [-0.25, -0.2) is 0 Å². The Hall–Kier alpha value is -2.49. The fraction of sp³-hybridized carbons (Fsp3) is 0.188. The van der Waals surface area contributed by atoms with Crippen molar-refractivity contribution in [3.8, 4) is 5.75 Å². The number of benzene rings is 2. The van der Waals surface area contributed by atoms with Gasteiger partial charge in [-0.1, -0.05) is 6.07 Å². The van der Waals surface area contributed by atoms with Crippen LogP contribution in [0.5, 0.6) is 5.75 Å². The zero-order valence-corrected chi connectivity index (χ0v) is 11.0. The molecule has 4 heteroatoms. The zero-order valence-electron chi connectivity index (χ0n) is 11.0. The van der Waals surface area contributed by atoms with Crippen molar-refractivity contribution in [2.24, 2.45) is 0 Å². The predicted molar refractivity (Wildman–Crippen MR) is 79.3 cm³/mol. The highest BCUT2D eigenvalue weighted by molar-refractivity contribution is 6.04. The van der Waals surface area contributed by atoms with Gasteiger partial charge in [0.2, 0.25) is 0 Å². The van der Waals surface area contributed by atoms with Crippen molar-refractivity contribution in [2.75, 3.05) is 17.2 Å². The largest absolute Gasteiger partial charge is 0.508 e. The molecule has 1 aliphatic heterocycles. The maximum Gasteiger partial charge on any atom is 0.255 e. The molecule has 0 bridgehead atoms. The summed E-state index contributed by atoms with van der Waals surface area (Å²) in [4.78, 5) is 12.2. The smallest absolute Gasteiger partial charge is 0.255 e. The summed E-state index contributed by atoms with van der Waals surface area (Å²) in [6, 6.07) is 12.2. The van der Waals surface area contributed by atoms with E-state index in [1.807, 2.05) is 18.2 Å². The second-order valence-corrected chi connectivity index (χ2v) is 4.91. The van der Waals surface area contributed by atoms with E-state index in [2.05, 4.69) is 10.6 Å². The van der Waals surface area contributed by atoms with Gasteiger partial charge < -0.3 is 15.7 Å². The SMILES string of the molecule is O=C(Nc1cccc(O)c1)c1ccc2c(c1)CCCN2. The van der Waals surface area contributed by atoms with Crippen LogP contribution in [-0.2, 0) is 6.42 Å². The van der Waals surface area contributed by atoms with Gasteiger partial charge >= 0.3 is 0 Å². The van der Waals surface area contributed by atoms with Crippen LogP contribution >= 0.6 is 0 Å². The number of fused-ring (bicyclic) bond motifs is 1. The first-order valence-corrected chi connectivity index (χ1v) is 6.69. The summed E-state index contributed by atoms with van der Waals surface area (Å²) in [5.41, 5.74) is 3.52. The number of hydrogen-bond acceptors (Lipinski definition) is 3. The van der Waals surface area contributed by atoms with Crippen LogP contribution in [-0.4, -0.2) is 17.6 Å². The lowest BCUT2D eigenvalue weighted by Crippen LogP contribution is -2.15. The fourth-order valence-corrected chi connectivity index (χ4v) is 2.40. The number of amides is 1. The van der Waals surface area contributed by atoms with Crippen LogP contribution < -0.4 is 10.6 Å². The maximum absolute atomic E-state index is 12.2. The molecule has 0 aromatic heterocycles. The van der Waals surface area contributed by atoms with E-state index in [4.69, 9.17) is 0 Å². The summed E-state index contributed by atoms with van der Waals surface area (Å²) in [7, 11) is 0. The first kappa shape index (κ1) is 12.5. The van der Waals surface area contributed by atoms with Crippen LogP contribution in [0.4, 0.5) is 11.4 Å². The molecule has 0 fully saturated rings. The second-order valence-electron chi connectivity index (χ2n) is 4.91. The Balaban J connectivity index is 1.80.